The van der Waals surface area contributed by atoms with Crippen molar-refractivity contribution in [2.24, 2.45) is 0 Å². The topological polar surface area (TPSA) is 62.5 Å². The Morgan fingerprint density at radius 1 is 1.44 bits per heavy atom. The summed E-state index contributed by atoms with van der Waals surface area (Å²) in [6.07, 6.45) is 2.48. The average molecular weight is 266 g/mol. The molecule has 5 nitrogen and oxygen atoms in total. The van der Waals surface area contributed by atoms with E-state index in [4.69, 9.17) is 5.73 Å². The summed E-state index contributed by atoms with van der Waals surface area (Å²) in [5, 5.41) is 0.482. The minimum Gasteiger partial charge on any atom is -0.375 e. The summed E-state index contributed by atoms with van der Waals surface area (Å²) < 4.78 is 0. The number of amides is 1. The number of carbonyl (C=O) groups is 1. The van der Waals surface area contributed by atoms with Gasteiger partial charge in [0.2, 0.25) is 0 Å². The Kier molecular flexibility index (Phi) is 2.99. The summed E-state index contributed by atoms with van der Waals surface area (Å²) >= 11 is 1.30. The van der Waals surface area contributed by atoms with E-state index in [0.29, 0.717) is 16.1 Å². The zero-order valence-corrected chi connectivity index (χ0v) is 11.4. The average Bonchev–Trinajstić information content (AvgIpc) is 2.93. The molecule has 1 atom stereocenters. The number of rotatable bonds is 1. The Bertz CT molecular complexity index is 473. The largest absolute Gasteiger partial charge is 0.375 e. The Morgan fingerprint density at radius 2 is 2.28 bits per heavy atom. The third kappa shape index (κ3) is 1.99. The van der Waals surface area contributed by atoms with Crippen LogP contribution in [0.4, 0.5) is 5.13 Å². The summed E-state index contributed by atoms with van der Waals surface area (Å²) in [7, 11) is 0. The van der Waals surface area contributed by atoms with Crippen molar-refractivity contribution in [1.82, 2.24) is 14.8 Å². The second-order valence-corrected chi connectivity index (χ2v) is 6.08. The maximum atomic E-state index is 12.4. The maximum absolute atomic E-state index is 12.4. The maximum Gasteiger partial charge on any atom is 0.266 e. The van der Waals surface area contributed by atoms with Crippen molar-refractivity contribution >= 4 is 22.4 Å². The van der Waals surface area contributed by atoms with Crippen LogP contribution in [0.15, 0.2) is 0 Å². The predicted molar refractivity (Wildman–Crippen MR) is 71.8 cm³/mol. The Balaban J connectivity index is 1.75. The Hall–Kier alpha value is -1.14. The molecule has 98 valence electrons. The van der Waals surface area contributed by atoms with Gasteiger partial charge in [-0.05, 0) is 26.3 Å². The van der Waals surface area contributed by atoms with E-state index in [1.54, 1.807) is 0 Å². The van der Waals surface area contributed by atoms with Crippen LogP contribution in [0.2, 0.25) is 0 Å². The van der Waals surface area contributed by atoms with Gasteiger partial charge in [-0.1, -0.05) is 11.3 Å². The second-order valence-electron chi connectivity index (χ2n) is 5.05. The van der Waals surface area contributed by atoms with Gasteiger partial charge in [-0.25, -0.2) is 4.98 Å². The van der Waals surface area contributed by atoms with Crippen molar-refractivity contribution in [1.29, 1.82) is 0 Å². The lowest BCUT2D eigenvalue weighted by Gasteiger charge is -2.37. The third-order valence-corrected chi connectivity index (χ3v) is 4.86. The van der Waals surface area contributed by atoms with Crippen LogP contribution < -0.4 is 5.73 Å². The number of fused-ring (bicyclic) bond motifs is 1. The number of piperazine rings is 1. The summed E-state index contributed by atoms with van der Waals surface area (Å²) in [6.45, 7) is 5.73. The molecule has 1 aromatic heterocycles. The van der Waals surface area contributed by atoms with Gasteiger partial charge in [-0.15, -0.1) is 0 Å². The standard InChI is InChI=1S/C12H18N4OS/c1-8-10(18-12(13)14-8)11(17)16-6-5-15-4-2-3-9(15)7-16/h9H,2-7H2,1H3,(H2,13,14). The van der Waals surface area contributed by atoms with Crippen LogP contribution in [0.5, 0.6) is 0 Å². The lowest BCUT2D eigenvalue weighted by molar-refractivity contribution is 0.0575. The van der Waals surface area contributed by atoms with Gasteiger partial charge in [0.05, 0.1) is 5.69 Å². The van der Waals surface area contributed by atoms with E-state index >= 15 is 0 Å². The quantitative estimate of drug-likeness (QED) is 0.822. The molecule has 3 rings (SSSR count). The van der Waals surface area contributed by atoms with Crippen LogP contribution in [0.25, 0.3) is 0 Å². The second kappa shape index (κ2) is 4.51. The molecule has 2 aliphatic heterocycles. The van der Waals surface area contributed by atoms with Gasteiger partial charge in [0.15, 0.2) is 5.13 Å². The fourth-order valence-electron chi connectivity index (χ4n) is 2.93. The molecule has 3 heterocycles. The molecule has 1 aromatic rings. The van der Waals surface area contributed by atoms with E-state index in [2.05, 4.69) is 9.88 Å². The van der Waals surface area contributed by atoms with E-state index in [0.717, 1.165) is 25.3 Å². The first kappa shape index (κ1) is 11.9. The van der Waals surface area contributed by atoms with E-state index in [1.165, 1.54) is 30.7 Å². The van der Waals surface area contributed by atoms with Gasteiger partial charge >= 0.3 is 0 Å². The minimum absolute atomic E-state index is 0.105. The molecule has 2 saturated heterocycles. The summed E-state index contributed by atoms with van der Waals surface area (Å²) in [5.74, 6) is 0.105. The van der Waals surface area contributed by atoms with E-state index < -0.39 is 0 Å². The van der Waals surface area contributed by atoms with Crippen LogP contribution in [0, 0.1) is 6.92 Å². The number of aromatic nitrogens is 1. The fourth-order valence-corrected chi connectivity index (χ4v) is 3.74. The molecule has 18 heavy (non-hydrogen) atoms. The highest BCUT2D eigenvalue weighted by molar-refractivity contribution is 7.17. The molecule has 0 aromatic carbocycles. The molecule has 0 spiro atoms. The fraction of sp³-hybridized carbons (Fsp3) is 0.667. The number of anilines is 1. The van der Waals surface area contributed by atoms with Crippen LogP contribution >= 0.6 is 11.3 Å². The molecule has 1 amide bonds. The van der Waals surface area contributed by atoms with Crippen molar-refractivity contribution in [3.05, 3.63) is 10.6 Å². The van der Waals surface area contributed by atoms with Crippen LogP contribution in [-0.2, 0) is 0 Å². The van der Waals surface area contributed by atoms with Gasteiger partial charge < -0.3 is 10.6 Å². The molecule has 0 bridgehead atoms. The Labute approximate surface area is 111 Å². The highest BCUT2D eigenvalue weighted by Crippen LogP contribution is 2.25. The molecule has 2 aliphatic rings. The number of aryl methyl sites for hydroxylation is 1. The van der Waals surface area contributed by atoms with Crippen LogP contribution in [0.1, 0.15) is 28.2 Å². The highest BCUT2D eigenvalue weighted by Gasteiger charge is 2.33. The number of nitrogens with two attached hydrogens (primary N) is 1. The third-order valence-electron chi connectivity index (χ3n) is 3.88. The minimum atomic E-state index is 0.105. The van der Waals surface area contributed by atoms with Crippen molar-refractivity contribution in [2.75, 3.05) is 31.9 Å². The number of hydrogen-bond acceptors (Lipinski definition) is 5. The van der Waals surface area contributed by atoms with Crippen LogP contribution in [0.3, 0.4) is 0 Å². The SMILES string of the molecule is Cc1nc(N)sc1C(=O)N1CCN2CCCC2C1. The first-order chi connectivity index (χ1) is 8.65. The van der Waals surface area contributed by atoms with Gasteiger partial charge in [0.25, 0.3) is 5.91 Å². The molecule has 0 aliphatic carbocycles. The van der Waals surface area contributed by atoms with Crippen molar-refractivity contribution in [2.45, 2.75) is 25.8 Å². The summed E-state index contributed by atoms with van der Waals surface area (Å²) in [6, 6.07) is 0.563. The van der Waals surface area contributed by atoms with Crippen LogP contribution in [-0.4, -0.2) is 52.9 Å². The first-order valence-electron chi connectivity index (χ1n) is 6.41. The number of nitrogen functional groups attached to an aromatic ring is 1. The molecule has 0 saturated carbocycles. The van der Waals surface area contributed by atoms with Crippen molar-refractivity contribution in [3.63, 3.8) is 0 Å². The normalized spacial score (nSPS) is 24.3. The van der Waals surface area contributed by atoms with Crippen molar-refractivity contribution < 1.29 is 4.79 Å². The zero-order chi connectivity index (χ0) is 12.7. The molecule has 6 heteroatoms. The molecule has 0 radical (unpaired) electrons. The predicted octanol–water partition coefficient (Wildman–Crippen LogP) is 0.954. The monoisotopic (exact) mass is 266 g/mol. The van der Waals surface area contributed by atoms with E-state index in [9.17, 15) is 4.79 Å². The Morgan fingerprint density at radius 3 is 3.00 bits per heavy atom. The summed E-state index contributed by atoms with van der Waals surface area (Å²) in [4.78, 5) is 21.7. The molecule has 2 N–H and O–H groups in total. The van der Waals surface area contributed by atoms with Crippen molar-refractivity contribution in [3.8, 4) is 0 Å². The first-order valence-corrected chi connectivity index (χ1v) is 7.23. The number of thiazole rings is 1. The summed E-state index contributed by atoms with van der Waals surface area (Å²) in [5.41, 5.74) is 6.42. The van der Waals surface area contributed by atoms with E-state index in [1.807, 2.05) is 11.8 Å². The molecule has 2 fully saturated rings. The zero-order valence-electron chi connectivity index (χ0n) is 10.6. The van der Waals surface area contributed by atoms with Gasteiger partial charge in [-0.2, -0.15) is 0 Å². The number of carbonyl (C=O) groups excluding carboxylic acids is 1. The molecular formula is C12H18N4OS. The molecular weight excluding hydrogens is 248 g/mol. The van der Waals surface area contributed by atoms with Gasteiger partial charge in [-0.3, -0.25) is 9.69 Å². The molecule has 1 unspecified atom stereocenters. The van der Waals surface area contributed by atoms with Gasteiger partial charge in [0.1, 0.15) is 4.88 Å². The lowest BCUT2D eigenvalue weighted by atomic mass is 10.1. The lowest BCUT2D eigenvalue weighted by Crippen LogP contribution is -2.52. The number of nitrogens with zero attached hydrogens (tertiary/aromatic N) is 3. The highest BCUT2D eigenvalue weighted by atomic mass is 32.1. The number of hydrogen-bond donors (Lipinski definition) is 1. The van der Waals surface area contributed by atoms with E-state index in [-0.39, 0.29) is 5.91 Å². The smallest absolute Gasteiger partial charge is 0.266 e. The van der Waals surface area contributed by atoms with Gasteiger partial charge in [0, 0.05) is 25.7 Å².